The SMILES string of the molecule is Cc1ccc2c(c1)CC(C(=O)CC(C)C)O2. The first-order valence-corrected chi connectivity index (χ1v) is 5.85. The molecule has 1 atom stereocenters. The number of carbonyl (C=O) groups excluding carboxylic acids is 1. The lowest BCUT2D eigenvalue weighted by Gasteiger charge is -2.10. The highest BCUT2D eigenvalue weighted by molar-refractivity contribution is 5.84. The van der Waals surface area contributed by atoms with Crippen LogP contribution in [0.1, 0.15) is 31.4 Å². The van der Waals surface area contributed by atoms with Gasteiger partial charge in [0.05, 0.1) is 0 Å². The van der Waals surface area contributed by atoms with E-state index in [2.05, 4.69) is 26.8 Å². The topological polar surface area (TPSA) is 26.3 Å². The lowest BCUT2D eigenvalue weighted by atomic mass is 10.00. The van der Waals surface area contributed by atoms with Crippen LogP contribution < -0.4 is 4.74 Å². The molecule has 86 valence electrons. The number of hydrogen-bond donors (Lipinski definition) is 0. The summed E-state index contributed by atoms with van der Waals surface area (Å²) in [5.41, 5.74) is 2.39. The lowest BCUT2D eigenvalue weighted by molar-refractivity contribution is -0.125. The molecule has 0 saturated heterocycles. The van der Waals surface area contributed by atoms with Crippen LogP contribution in [-0.2, 0) is 11.2 Å². The number of benzene rings is 1. The number of carbonyl (C=O) groups is 1. The number of fused-ring (bicyclic) bond motifs is 1. The standard InChI is InChI=1S/C14H18O2/c1-9(2)6-12(15)14-8-11-7-10(3)4-5-13(11)16-14/h4-5,7,9,14H,6,8H2,1-3H3. The highest BCUT2D eigenvalue weighted by atomic mass is 16.5. The van der Waals surface area contributed by atoms with Gasteiger partial charge in [-0.3, -0.25) is 4.79 Å². The van der Waals surface area contributed by atoms with Crippen molar-refractivity contribution in [3.8, 4) is 5.75 Å². The molecule has 0 saturated carbocycles. The van der Waals surface area contributed by atoms with E-state index >= 15 is 0 Å². The zero-order valence-electron chi connectivity index (χ0n) is 10.1. The summed E-state index contributed by atoms with van der Waals surface area (Å²) in [6, 6.07) is 6.10. The maximum absolute atomic E-state index is 11.9. The Bertz CT molecular complexity index is 407. The third kappa shape index (κ3) is 2.26. The number of ketones is 1. The molecule has 1 aromatic rings. The van der Waals surface area contributed by atoms with E-state index in [1.807, 2.05) is 12.1 Å². The zero-order valence-corrected chi connectivity index (χ0v) is 10.1. The predicted molar refractivity (Wildman–Crippen MR) is 63.8 cm³/mol. The van der Waals surface area contributed by atoms with E-state index < -0.39 is 0 Å². The van der Waals surface area contributed by atoms with Gasteiger partial charge in [0.2, 0.25) is 0 Å². The number of ether oxygens (including phenoxy) is 1. The molecule has 1 aliphatic rings. The smallest absolute Gasteiger partial charge is 0.173 e. The molecule has 0 aliphatic carbocycles. The van der Waals surface area contributed by atoms with Gasteiger partial charge in [0.25, 0.3) is 0 Å². The third-order valence-corrected chi connectivity index (χ3v) is 2.86. The van der Waals surface area contributed by atoms with Crippen molar-refractivity contribution >= 4 is 5.78 Å². The molecule has 0 aromatic heterocycles. The highest BCUT2D eigenvalue weighted by Crippen LogP contribution is 2.30. The quantitative estimate of drug-likeness (QED) is 0.779. The van der Waals surface area contributed by atoms with Gasteiger partial charge in [-0.15, -0.1) is 0 Å². The van der Waals surface area contributed by atoms with Crippen molar-refractivity contribution in [1.29, 1.82) is 0 Å². The van der Waals surface area contributed by atoms with Crippen molar-refractivity contribution in [1.82, 2.24) is 0 Å². The molecule has 1 aromatic carbocycles. The lowest BCUT2D eigenvalue weighted by Crippen LogP contribution is -2.26. The molecule has 0 fully saturated rings. The molecule has 1 aliphatic heterocycles. The minimum absolute atomic E-state index is 0.226. The molecule has 2 heteroatoms. The largest absolute Gasteiger partial charge is 0.482 e. The Hall–Kier alpha value is -1.31. The van der Waals surface area contributed by atoms with Crippen LogP contribution in [0, 0.1) is 12.8 Å². The van der Waals surface area contributed by atoms with Gasteiger partial charge in [0.15, 0.2) is 11.9 Å². The van der Waals surface area contributed by atoms with Gasteiger partial charge < -0.3 is 4.74 Å². The highest BCUT2D eigenvalue weighted by Gasteiger charge is 2.28. The van der Waals surface area contributed by atoms with E-state index in [1.165, 1.54) is 11.1 Å². The predicted octanol–water partition coefficient (Wildman–Crippen LogP) is 2.91. The van der Waals surface area contributed by atoms with Crippen molar-refractivity contribution in [2.24, 2.45) is 5.92 Å². The van der Waals surface area contributed by atoms with Gasteiger partial charge in [-0.1, -0.05) is 31.5 Å². The molecule has 0 N–H and O–H groups in total. The van der Waals surface area contributed by atoms with Crippen LogP contribution in [0.15, 0.2) is 18.2 Å². The normalized spacial score (nSPS) is 18.4. The second-order valence-electron chi connectivity index (χ2n) is 4.99. The summed E-state index contributed by atoms with van der Waals surface area (Å²) in [6.07, 6.45) is 1.10. The van der Waals surface area contributed by atoms with Gasteiger partial charge >= 0.3 is 0 Å². The van der Waals surface area contributed by atoms with Crippen LogP contribution in [0.4, 0.5) is 0 Å². The first-order chi connectivity index (χ1) is 7.56. The molecule has 0 radical (unpaired) electrons. The van der Waals surface area contributed by atoms with E-state index in [0.717, 1.165) is 12.2 Å². The Morgan fingerprint density at radius 2 is 2.25 bits per heavy atom. The average Bonchev–Trinajstić information content (AvgIpc) is 2.59. The number of Topliss-reactive ketones (excluding diaryl/α,β-unsaturated/α-hetero) is 1. The minimum atomic E-state index is -0.251. The summed E-state index contributed by atoms with van der Waals surface area (Å²) in [7, 11) is 0. The van der Waals surface area contributed by atoms with Crippen LogP contribution in [-0.4, -0.2) is 11.9 Å². The Morgan fingerprint density at radius 3 is 2.94 bits per heavy atom. The Balaban J connectivity index is 2.08. The summed E-state index contributed by atoms with van der Waals surface area (Å²) < 4.78 is 5.68. The first-order valence-electron chi connectivity index (χ1n) is 5.85. The molecular formula is C14H18O2. The molecule has 0 amide bonds. The van der Waals surface area contributed by atoms with Crippen LogP contribution >= 0.6 is 0 Å². The molecule has 1 unspecified atom stereocenters. The van der Waals surface area contributed by atoms with E-state index in [1.54, 1.807) is 0 Å². The van der Waals surface area contributed by atoms with E-state index in [9.17, 15) is 4.79 Å². The molecule has 0 spiro atoms. The fourth-order valence-electron chi connectivity index (χ4n) is 2.09. The van der Waals surface area contributed by atoms with Gasteiger partial charge in [0.1, 0.15) is 5.75 Å². The molecule has 0 bridgehead atoms. The monoisotopic (exact) mass is 218 g/mol. The number of rotatable bonds is 3. The Labute approximate surface area is 96.6 Å². The molecule has 16 heavy (non-hydrogen) atoms. The van der Waals surface area contributed by atoms with Crippen LogP contribution in [0.5, 0.6) is 5.75 Å². The molecular weight excluding hydrogens is 200 g/mol. The average molecular weight is 218 g/mol. The van der Waals surface area contributed by atoms with Crippen molar-refractivity contribution in [2.75, 3.05) is 0 Å². The van der Waals surface area contributed by atoms with Crippen molar-refractivity contribution < 1.29 is 9.53 Å². The summed E-state index contributed by atoms with van der Waals surface area (Å²) >= 11 is 0. The zero-order chi connectivity index (χ0) is 11.7. The van der Waals surface area contributed by atoms with Crippen LogP contribution in [0.2, 0.25) is 0 Å². The third-order valence-electron chi connectivity index (χ3n) is 2.86. The van der Waals surface area contributed by atoms with E-state index in [-0.39, 0.29) is 11.9 Å². The number of hydrogen-bond acceptors (Lipinski definition) is 2. The second kappa shape index (κ2) is 4.28. The molecule has 2 rings (SSSR count). The van der Waals surface area contributed by atoms with E-state index in [0.29, 0.717) is 12.3 Å². The molecule has 2 nitrogen and oxygen atoms in total. The summed E-state index contributed by atoms with van der Waals surface area (Å²) in [4.78, 5) is 11.9. The van der Waals surface area contributed by atoms with Crippen molar-refractivity contribution in [3.05, 3.63) is 29.3 Å². The Morgan fingerprint density at radius 1 is 1.50 bits per heavy atom. The first kappa shape index (κ1) is 11.2. The summed E-state index contributed by atoms with van der Waals surface area (Å²) in [5, 5.41) is 0. The van der Waals surface area contributed by atoms with Gasteiger partial charge in [-0.05, 0) is 24.5 Å². The van der Waals surface area contributed by atoms with Gasteiger partial charge in [0, 0.05) is 12.8 Å². The minimum Gasteiger partial charge on any atom is -0.482 e. The molecule has 1 heterocycles. The maximum Gasteiger partial charge on any atom is 0.173 e. The summed E-state index contributed by atoms with van der Waals surface area (Å²) in [5.74, 6) is 1.51. The maximum atomic E-state index is 11.9. The van der Waals surface area contributed by atoms with Gasteiger partial charge in [-0.2, -0.15) is 0 Å². The fourth-order valence-corrected chi connectivity index (χ4v) is 2.09. The van der Waals surface area contributed by atoms with Crippen LogP contribution in [0.3, 0.4) is 0 Å². The van der Waals surface area contributed by atoms with Crippen LogP contribution in [0.25, 0.3) is 0 Å². The van der Waals surface area contributed by atoms with Gasteiger partial charge in [-0.25, -0.2) is 0 Å². The Kier molecular flexibility index (Phi) is 2.99. The summed E-state index contributed by atoms with van der Waals surface area (Å²) in [6.45, 7) is 6.18. The fraction of sp³-hybridized carbons (Fsp3) is 0.500. The van der Waals surface area contributed by atoms with Crippen molar-refractivity contribution in [3.63, 3.8) is 0 Å². The van der Waals surface area contributed by atoms with Crippen molar-refractivity contribution in [2.45, 2.75) is 39.7 Å². The number of aryl methyl sites for hydroxylation is 1. The van der Waals surface area contributed by atoms with E-state index in [4.69, 9.17) is 4.74 Å². The second-order valence-corrected chi connectivity index (χ2v) is 4.99.